The zero-order chi connectivity index (χ0) is 13.0. The molecule has 0 aliphatic rings. The summed E-state index contributed by atoms with van der Waals surface area (Å²) in [5, 5.41) is 4.21. The molecule has 0 saturated carbocycles. The van der Waals surface area contributed by atoms with Gasteiger partial charge in [0.2, 0.25) is 5.91 Å². The van der Waals surface area contributed by atoms with Gasteiger partial charge in [0.1, 0.15) is 0 Å². The van der Waals surface area contributed by atoms with Crippen molar-refractivity contribution in [2.24, 2.45) is 5.92 Å². The van der Waals surface area contributed by atoms with Crippen LogP contribution in [0, 0.1) is 5.92 Å². The number of hydrogen-bond acceptors (Lipinski definition) is 1. The average molecular weight is 244 g/mol. The monoisotopic (exact) mass is 244 g/mol. The van der Waals surface area contributed by atoms with Gasteiger partial charge in [0, 0.05) is 30.7 Å². The maximum absolute atomic E-state index is 11.4. The average Bonchev–Trinajstić information content (AvgIpc) is 2.77. The van der Waals surface area contributed by atoms with E-state index in [-0.39, 0.29) is 11.8 Å². The van der Waals surface area contributed by atoms with Crippen LogP contribution in [-0.2, 0) is 11.3 Å². The van der Waals surface area contributed by atoms with Gasteiger partial charge < -0.3 is 9.88 Å². The Morgan fingerprint density at radius 1 is 1.28 bits per heavy atom. The smallest absolute Gasteiger partial charge is 0.222 e. The minimum Gasteiger partial charge on any atom is -0.356 e. The molecule has 0 fully saturated rings. The molecule has 0 aliphatic heterocycles. The first-order chi connectivity index (χ1) is 8.68. The Balaban J connectivity index is 1.85. The predicted octanol–water partition coefficient (Wildman–Crippen LogP) is 2.80. The Morgan fingerprint density at radius 2 is 2.06 bits per heavy atom. The number of hydrogen-bond donors (Lipinski definition) is 1. The summed E-state index contributed by atoms with van der Waals surface area (Å²) in [6, 6.07) is 10.5. The number of carbonyl (C=O) groups is 1. The number of aryl methyl sites for hydroxylation is 1. The van der Waals surface area contributed by atoms with Gasteiger partial charge in [-0.05, 0) is 23.9 Å². The van der Waals surface area contributed by atoms with Crippen molar-refractivity contribution < 1.29 is 4.79 Å². The molecule has 3 nitrogen and oxygen atoms in total. The summed E-state index contributed by atoms with van der Waals surface area (Å²) in [6.45, 7) is 5.50. The van der Waals surface area contributed by atoms with Gasteiger partial charge in [0.15, 0.2) is 0 Å². The summed E-state index contributed by atoms with van der Waals surface area (Å²) in [6.07, 6.45) is 3.06. The van der Waals surface area contributed by atoms with Gasteiger partial charge in [-0.15, -0.1) is 0 Å². The Kier molecular flexibility index (Phi) is 4.03. The predicted molar refractivity (Wildman–Crippen MR) is 74.4 cm³/mol. The van der Waals surface area contributed by atoms with Gasteiger partial charge in [0.25, 0.3) is 0 Å². The fourth-order valence-corrected chi connectivity index (χ4v) is 2.00. The summed E-state index contributed by atoms with van der Waals surface area (Å²) < 4.78 is 2.23. The zero-order valence-electron chi connectivity index (χ0n) is 11.0. The van der Waals surface area contributed by atoms with Crippen molar-refractivity contribution in [1.29, 1.82) is 0 Å². The third kappa shape index (κ3) is 2.92. The fourth-order valence-electron chi connectivity index (χ4n) is 2.00. The van der Waals surface area contributed by atoms with E-state index < -0.39 is 0 Å². The van der Waals surface area contributed by atoms with E-state index >= 15 is 0 Å². The lowest BCUT2D eigenvalue weighted by molar-refractivity contribution is -0.123. The van der Waals surface area contributed by atoms with E-state index in [2.05, 4.69) is 46.4 Å². The van der Waals surface area contributed by atoms with E-state index in [0.29, 0.717) is 0 Å². The second-order valence-corrected chi connectivity index (χ2v) is 4.87. The number of amides is 1. The van der Waals surface area contributed by atoms with Gasteiger partial charge in [-0.2, -0.15) is 0 Å². The summed E-state index contributed by atoms with van der Waals surface area (Å²) in [5.41, 5.74) is 1.26. The van der Waals surface area contributed by atoms with Crippen molar-refractivity contribution in [3.05, 3.63) is 36.5 Å². The number of nitrogens with zero attached hydrogens (tertiary/aromatic N) is 1. The van der Waals surface area contributed by atoms with Crippen LogP contribution < -0.4 is 5.32 Å². The lowest BCUT2D eigenvalue weighted by atomic mass is 10.2. The molecule has 1 amide bonds. The summed E-state index contributed by atoms with van der Waals surface area (Å²) in [4.78, 5) is 11.4. The molecule has 1 N–H and O–H groups in total. The van der Waals surface area contributed by atoms with E-state index in [1.54, 1.807) is 0 Å². The Hall–Kier alpha value is -1.77. The number of para-hydroxylation sites is 1. The molecule has 0 atom stereocenters. The first-order valence-electron chi connectivity index (χ1n) is 6.50. The lowest BCUT2D eigenvalue weighted by Gasteiger charge is -2.08. The van der Waals surface area contributed by atoms with Crippen molar-refractivity contribution in [3.63, 3.8) is 0 Å². The Labute approximate surface area is 108 Å². The van der Waals surface area contributed by atoms with Crippen molar-refractivity contribution in [1.82, 2.24) is 9.88 Å². The fraction of sp³-hybridized carbons (Fsp3) is 0.400. The maximum Gasteiger partial charge on any atom is 0.222 e. The van der Waals surface area contributed by atoms with Crippen molar-refractivity contribution >= 4 is 16.8 Å². The molecule has 0 radical (unpaired) electrons. The molecule has 0 bridgehead atoms. The molecule has 18 heavy (non-hydrogen) atoms. The first-order valence-corrected chi connectivity index (χ1v) is 6.50. The molecule has 2 rings (SSSR count). The molecule has 0 aliphatic carbocycles. The van der Waals surface area contributed by atoms with Gasteiger partial charge in [-0.25, -0.2) is 0 Å². The SMILES string of the molecule is CC(C)C(=O)NCCCn1ccc2ccccc21. The zero-order valence-corrected chi connectivity index (χ0v) is 11.0. The highest BCUT2D eigenvalue weighted by Gasteiger charge is 2.05. The van der Waals surface area contributed by atoms with Gasteiger partial charge in [-0.1, -0.05) is 32.0 Å². The lowest BCUT2D eigenvalue weighted by Crippen LogP contribution is -2.29. The van der Waals surface area contributed by atoms with Crippen LogP contribution >= 0.6 is 0 Å². The number of fused-ring (bicyclic) bond motifs is 1. The molecule has 1 aromatic carbocycles. The largest absolute Gasteiger partial charge is 0.356 e. The molecule has 1 heterocycles. The molecular weight excluding hydrogens is 224 g/mol. The Morgan fingerprint density at radius 3 is 2.83 bits per heavy atom. The van der Waals surface area contributed by atoms with Crippen LogP contribution in [0.2, 0.25) is 0 Å². The van der Waals surface area contributed by atoms with Gasteiger partial charge >= 0.3 is 0 Å². The maximum atomic E-state index is 11.4. The molecular formula is C15H20N2O. The van der Waals surface area contributed by atoms with E-state index in [4.69, 9.17) is 0 Å². The standard InChI is InChI=1S/C15H20N2O/c1-12(2)15(18)16-9-5-10-17-11-8-13-6-3-4-7-14(13)17/h3-4,6-8,11-12H,5,9-10H2,1-2H3,(H,16,18). The third-order valence-corrected chi connectivity index (χ3v) is 3.08. The second-order valence-electron chi connectivity index (χ2n) is 4.87. The van der Waals surface area contributed by atoms with E-state index in [1.165, 1.54) is 10.9 Å². The molecule has 0 spiro atoms. The van der Waals surface area contributed by atoms with Crippen LogP contribution in [0.25, 0.3) is 10.9 Å². The van der Waals surface area contributed by atoms with Crippen LogP contribution in [-0.4, -0.2) is 17.0 Å². The van der Waals surface area contributed by atoms with Crippen molar-refractivity contribution in [2.45, 2.75) is 26.8 Å². The highest BCUT2D eigenvalue weighted by Crippen LogP contribution is 2.15. The molecule has 1 aromatic heterocycles. The van der Waals surface area contributed by atoms with Crippen molar-refractivity contribution in [2.75, 3.05) is 6.54 Å². The van der Waals surface area contributed by atoms with Crippen LogP contribution in [0.4, 0.5) is 0 Å². The molecule has 0 unspecified atom stereocenters. The quantitative estimate of drug-likeness (QED) is 0.806. The van der Waals surface area contributed by atoms with E-state index in [9.17, 15) is 4.79 Å². The van der Waals surface area contributed by atoms with Gasteiger partial charge in [-0.3, -0.25) is 4.79 Å². The van der Waals surface area contributed by atoms with E-state index in [1.807, 2.05) is 13.8 Å². The third-order valence-electron chi connectivity index (χ3n) is 3.08. The number of benzene rings is 1. The molecule has 3 heteroatoms. The second kappa shape index (κ2) is 5.71. The topological polar surface area (TPSA) is 34.0 Å². The minimum absolute atomic E-state index is 0.0670. The minimum atomic E-state index is 0.0670. The number of carbonyl (C=O) groups excluding carboxylic acids is 1. The highest BCUT2D eigenvalue weighted by molar-refractivity contribution is 5.80. The van der Waals surface area contributed by atoms with E-state index in [0.717, 1.165) is 19.5 Å². The number of nitrogens with one attached hydrogen (secondary N) is 1. The Bertz CT molecular complexity index is 528. The molecule has 96 valence electrons. The molecule has 2 aromatic rings. The highest BCUT2D eigenvalue weighted by atomic mass is 16.1. The number of rotatable bonds is 5. The van der Waals surface area contributed by atoms with Crippen LogP contribution in [0.15, 0.2) is 36.5 Å². The summed E-state index contributed by atoms with van der Waals surface area (Å²) in [5.74, 6) is 0.199. The first kappa shape index (κ1) is 12.7. The summed E-state index contributed by atoms with van der Waals surface area (Å²) in [7, 11) is 0. The number of aromatic nitrogens is 1. The van der Waals surface area contributed by atoms with Crippen LogP contribution in [0.5, 0.6) is 0 Å². The molecule has 0 saturated heterocycles. The van der Waals surface area contributed by atoms with Crippen molar-refractivity contribution in [3.8, 4) is 0 Å². The summed E-state index contributed by atoms with van der Waals surface area (Å²) >= 11 is 0. The van der Waals surface area contributed by atoms with Crippen LogP contribution in [0.3, 0.4) is 0 Å². The normalized spacial score (nSPS) is 11.1. The van der Waals surface area contributed by atoms with Gasteiger partial charge in [0.05, 0.1) is 0 Å². The van der Waals surface area contributed by atoms with Crippen LogP contribution in [0.1, 0.15) is 20.3 Å².